The van der Waals surface area contributed by atoms with Crippen LogP contribution in [-0.2, 0) is 19.1 Å². The number of ether oxygens (including phenoxy) is 2. The van der Waals surface area contributed by atoms with Crippen molar-refractivity contribution in [2.24, 2.45) is 5.73 Å². The highest BCUT2D eigenvalue weighted by Crippen LogP contribution is 2.43. The minimum atomic E-state index is -0.910. The molecule has 8 nitrogen and oxygen atoms in total. The number of pyridine rings is 1. The second-order valence-corrected chi connectivity index (χ2v) is 7.60. The summed E-state index contributed by atoms with van der Waals surface area (Å²) < 4.78 is 10.1. The first-order valence-electron chi connectivity index (χ1n) is 10.7. The lowest BCUT2D eigenvalue weighted by molar-refractivity contribution is -0.139. The second-order valence-electron chi connectivity index (χ2n) is 7.60. The molecule has 35 heavy (non-hydrogen) atoms. The molecule has 0 aliphatic carbocycles. The quantitative estimate of drug-likeness (QED) is 0.566. The van der Waals surface area contributed by atoms with Gasteiger partial charge in [0.05, 0.1) is 43.0 Å². The summed E-state index contributed by atoms with van der Waals surface area (Å²) in [5.74, 6) is -2.46. The van der Waals surface area contributed by atoms with Crippen molar-refractivity contribution in [2.75, 3.05) is 19.1 Å². The van der Waals surface area contributed by atoms with E-state index in [-0.39, 0.29) is 22.7 Å². The van der Waals surface area contributed by atoms with E-state index in [4.69, 9.17) is 15.2 Å². The second kappa shape index (κ2) is 9.93. The molecule has 0 bridgehead atoms. The molecule has 1 atom stereocenters. The van der Waals surface area contributed by atoms with Crippen LogP contribution in [0.2, 0.25) is 0 Å². The van der Waals surface area contributed by atoms with Crippen molar-refractivity contribution in [2.45, 2.75) is 5.92 Å². The topological polar surface area (TPSA) is 119 Å². The average molecular weight is 466 g/mol. The fourth-order valence-electron chi connectivity index (χ4n) is 4.10. The molecule has 1 unspecified atom stereocenters. The molecule has 1 aromatic heterocycles. The Hall–Kier alpha value is -4.90. The van der Waals surface area contributed by atoms with Crippen LogP contribution in [0.25, 0.3) is 11.3 Å². The molecule has 174 valence electrons. The monoisotopic (exact) mass is 466 g/mol. The number of carbonyl (C=O) groups is 2. The van der Waals surface area contributed by atoms with Crippen molar-refractivity contribution in [3.8, 4) is 17.3 Å². The summed E-state index contributed by atoms with van der Waals surface area (Å²) in [4.78, 5) is 31.9. The Bertz CT molecular complexity index is 1360. The molecule has 2 aromatic carbocycles. The molecule has 2 heterocycles. The van der Waals surface area contributed by atoms with Crippen LogP contribution in [0.4, 0.5) is 5.69 Å². The largest absolute Gasteiger partial charge is 0.466 e. The Morgan fingerprint density at radius 3 is 2.17 bits per heavy atom. The number of hydrogen-bond donors (Lipinski definition) is 1. The molecular weight excluding hydrogens is 444 g/mol. The Kier molecular flexibility index (Phi) is 6.60. The predicted octanol–water partition coefficient (Wildman–Crippen LogP) is 3.65. The lowest BCUT2D eigenvalue weighted by Crippen LogP contribution is -2.40. The van der Waals surface area contributed by atoms with Crippen molar-refractivity contribution in [3.05, 3.63) is 107 Å². The number of carbonyl (C=O) groups excluding carboxylic acids is 2. The predicted molar refractivity (Wildman–Crippen MR) is 129 cm³/mol. The first kappa shape index (κ1) is 23.3. The van der Waals surface area contributed by atoms with E-state index < -0.39 is 17.9 Å². The van der Waals surface area contributed by atoms with Gasteiger partial charge in [0.25, 0.3) is 0 Å². The highest BCUT2D eigenvalue weighted by Gasteiger charge is 2.42. The van der Waals surface area contributed by atoms with Gasteiger partial charge in [-0.2, -0.15) is 5.26 Å². The number of allylic oxidation sites excluding steroid dienone is 1. The number of benzene rings is 2. The lowest BCUT2D eigenvalue weighted by Gasteiger charge is -2.35. The van der Waals surface area contributed by atoms with Gasteiger partial charge in [-0.1, -0.05) is 48.5 Å². The number of aromatic nitrogens is 1. The van der Waals surface area contributed by atoms with Gasteiger partial charge >= 0.3 is 11.9 Å². The Balaban J connectivity index is 1.95. The zero-order valence-corrected chi connectivity index (χ0v) is 19.1. The minimum absolute atomic E-state index is 0.0139. The number of methoxy groups -OCH3 is 2. The van der Waals surface area contributed by atoms with Gasteiger partial charge in [0.1, 0.15) is 11.5 Å². The van der Waals surface area contributed by atoms with E-state index in [2.05, 4.69) is 11.1 Å². The molecule has 8 heteroatoms. The first-order valence-corrected chi connectivity index (χ1v) is 10.7. The summed E-state index contributed by atoms with van der Waals surface area (Å²) in [6.07, 6.45) is 1.69. The van der Waals surface area contributed by atoms with Gasteiger partial charge < -0.3 is 15.2 Å². The molecular formula is C27H22N4O4. The molecule has 0 spiro atoms. The van der Waals surface area contributed by atoms with E-state index in [1.54, 1.807) is 42.6 Å². The van der Waals surface area contributed by atoms with Crippen LogP contribution in [0, 0.1) is 11.3 Å². The van der Waals surface area contributed by atoms with Gasteiger partial charge in [0.2, 0.25) is 0 Å². The number of rotatable bonds is 5. The molecule has 0 fully saturated rings. The van der Waals surface area contributed by atoms with Crippen molar-refractivity contribution in [1.29, 1.82) is 5.26 Å². The van der Waals surface area contributed by atoms with Gasteiger partial charge in [0.15, 0.2) is 0 Å². The van der Waals surface area contributed by atoms with Crippen LogP contribution in [-0.4, -0.2) is 31.1 Å². The molecule has 0 radical (unpaired) electrons. The summed E-state index contributed by atoms with van der Waals surface area (Å²) in [6, 6.07) is 23.7. The summed E-state index contributed by atoms with van der Waals surface area (Å²) in [5.41, 5.74) is 9.14. The van der Waals surface area contributed by atoms with E-state index in [1.165, 1.54) is 19.1 Å². The smallest absolute Gasteiger partial charge is 0.355 e. The third-order valence-electron chi connectivity index (χ3n) is 5.70. The van der Waals surface area contributed by atoms with Crippen LogP contribution in [0.15, 0.2) is 102 Å². The number of hydrogen-bond acceptors (Lipinski definition) is 8. The Morgan fingerprint density at radius 1 is 0.943 bits per heavy atom. The lowest BCUT2D eigenvalue weighted by atomic mass is 9.81. The summed E-state index contributed by atoms with van der Waals surface area (Å²) in [5, 5.41) is 10.1. The van der Waals surface area contributed by atoms with Gasteiger partial charge in [-0.05, 0) is 29.8 Å². The standard InChI is InChI=1S/C27H22N4O4/c1-34-26(32)23-22(18-8-4-3-5-9-18)20(16-28)25(29)31(24(23)27(33)35-2)19-13-11-17(12-14-19)21-10-6-7-15-30-21/h3-15,22H,29H2,1-2H3. The van der Waals surface area contributed by atoms with Crippen molar-refractivity contribution >= 4 is 17.6 Å². The molecule has 4 rings (SSSR count). The van der Waals surface area contributed by atoms with Crippen LogP contribution >= 0.6 is 0 Å². The maximum atomic E-state index is 13.1. The number of anilines is 1. The van der Waals surface area contributed by atoms with Gasteiger partial charge in [0, 0.05) is 17.4 Å². The SMILES string of the molecule is COC(=O)C1=C(C(=O)OC)N(c2ccc(-c3ccccn3)cc2)C(N)=C(C#N)C1c1ccccc1. The van der Waals surface area contributed by atoms with E-state index in [0.717, 1.165) is 11.3 Å². The summed E-state index contributed by atoms with van der Waals surface area (Å²) >= 11 is 0. The third kappa shape index (κ3) is 4.23. The van der Waals surface area contributed by atoms with Crippen LogP contribution < -0.4 is 10.6 Å². The molecule has 0 saturated heterocycles. The van der Waals surface area contributed by atoms with Crippen LogP contribution in [0.1, 0.15) is 11.5 Å². The molecule has 1 aliphatic rings. The molecule has 1 aliphatic heterocycles. The Morgan fingerprint density at radius 2 is 1.60 bits per heavy atom. The van der Waals surface area contributed by atoms with Gasteiger partial charge in [-0.25, -0.2) is 9.59 Å². The van der Waals surface area contributed by atoms with E-state index >= 15 is 0 Å². The summed E-state index contributed by atoms with van der Waals surface area (Å²) in [7, 11) is 2.43. The number of nitrogens with two attached hydrogens (primary N) is 1. The molecule has 0 saturated carbocycles. The van der Waals surface area contributed by atoms with Crippen molar-refractivity contribution in [3.63, 3.8) is 0 Å². The molecule has 3 aromatic rings. The number of nitriles is 1. The Labute approximate surface area is 202 Å². The number of esters is 2. The third-order valence-corrected chi connectivity index (χ3v) is 5.70. The maximum Gasteiger partial charge on any atom is 0.355 e. The highest BCUT2D eigenvalue weighted by atomic mass is 16.5. The number of nitrogens with zero attached hydrogens (tertiary/aromatic N) is 3. The minimum Gasteiger partial charge on any atom is -0.466 e. The maximum absolute atomic E-state index is 13.1. The highest BCUT2D eigenvalue weighted by molar-refractivity contribution is 6.06. The first-order chi connectivity index (χ1) is 17.0. The fraction of sp³-hybridized carbons (Fsp3) is 0.111. The van der Waals surface area contributed by atoms with Crippen molar-refractivity contribution in [1.82, 2.24) is 4.98 Å². The fourth-order valence-corrected chi connectivity index (χ4v) is 4.10. The zero-order chi connectivity index (χ0) is 24.9. The van der Waals surface area contributed by atoms with E-state index in [1.807, 2.05) is 36.4 Å². The van der Waals surface area contributed by atoms with Crippen LogP contribution in [0.3, 0.4) is 0 Å². The summed E-state index contributed by atoms with van der Waals surface area (Å²) in [6.45, 7) is 0. The zero-order valence-electron chi connectivity index (χ0n) is 19.1. The molecule has 0 amide bonds. The normalized spacial score (nSPS) is 15.5. The van der Waals surface area contributed by atoms with Crippen molar-refractivity contribution < 1.29 is 19.1 Å². The van der Waals surface area contributed by atoms with E-state index in [0.29, 0.717) is 11.3 Å². The van der Waals surface area contributed by atoms with Crippen LogP contribution in [0.5, 0.6) is 0 Å². The van der Waals surface area contributed by atoms with Gasteiger partial charge in [-0.3, -0.25) is 9.88 Å². The molecule has 2 N–H and O–H groups in total. The van der Waals surface area contributed by atoms with Gasteiger partial charge in [-0.15, -0.1) is 0 Å². The average Bonchev–Trinajstić information content (AvgIpc) is 2.92. The van der Waals surface area contributed by atoms with E-state index in [9.17, 15) is 14.9 Å².